The molecule has 6 heteroatoms. The van der Waals surface area contributed by atoms with Crippen molar-refractivity contribution < 1.29 is 4.79 Å². The van der Waals surface area contributed by atoms with E-state index in [1.165, 1.54) is 19.2 Å². The van der Waals surface area contributed by atoms with Gasteiger partial charge in [-0.25, -0.2) is 9.78 Å². The second-order valence-corrected chi connectivity index (χ2v) is 3.34. The minimum Gasteiger partial charge on any atom is -0.366 e. The van der Waals surface area contributed by atoms with Gasteiger partial charge in [0.1, 0.15) is 6.33 Å². The molecule has 0 atom stereocenters. The van der Waals surface area contributed by atoms with Crippen molar-refractivity contribution in [2.24, 2.45) is 0 Å². The monoisotopic (exact) mass is 211 g/mol. The number of nitrogens with zero attached hydrogens (tertiary/aromatic N) is 3. The Morgan fingerprint density at radius 1 is 1.53 bits per heavy atom. The lowest BCUT2D eigenvalue weighted by Gasteiger charge is -2.03. The Morgan fingerprint density at radius 2 is 2.33 bits per heavy atom. The third-order valence-electron chi connectivity index (χ3n) is 2.02. The molecule has 0 unspecified atom stereocenters. The maximum Gasteiger partial charge on any atom is 0.343 e. The highest BCUT2D eigenvalue weighted by atomic mass is 16.2. The number of hydrogen-bond acceptors (Lipinski definition) is 4. The molecule has 0 spiro atoms. The molecule has 3 N–H and O–H groups in total. The summed E-state index contributed by atoms with van der Waals surface area (Å²) < 4.78 is 1.11. The second kappa shape index (κ2) is 6.00. The van der Waals surface area contributed by atoms with E-state index in [4.69, 9.17) is 5.73 Å². The third kappa shape index (κ3) is 3.97. The number of rotatable bonds is 5. The average molecular weight is 211 g/mol. The molecule has 0 bridgehead atoms. The summed E-state index contributed by atoms with van der Waals surface area (Å²) in [4.78, 5) is 15.0. The Bertz CT molecular complexity index is 309. The Morgan fingerprint density at radius 3 is 2.93 bits per heavy atom. The molecule has 0 radical (unpaired) electrons. The number of aromatic nitrogens is 3. The van der Waals surface area contributed by atoms with Crippen LogP contribution < -0.4 is 11.1 Å². The van der Waals surface area contributed by atoms with E-state index in [2.05, 4.69) is 22.3 Å². The van der Waals surface area contributed by atoms with Crippen molar-refractivity contribution in [1.82, 2.24) is 20.1 Å². The molecule has 0 aliphatic carbocycles. The fraction of sp³-hybridized carbons (Fsp3) is 0.667. The minimum absolute atomic E-state index is 0.108. The summed E-state index contributed by atoms with van der Waals surface area (Å²) in [5, 5.41) is 6.43. The number of carbonyl (C=O) groups excluding carboxylic acids is 1. The lowest BCUT2D eigenvalue weighted by Crippen LogP contribution is -2.29. The summed E-state index contributed by atoms with van der Waals surface area (Å²) in [6.45, 7) is 2.81. The first-order valence-electron chi connectivity index (χ1n) is 5.19. The van der Waals surface area contributed by atoms with Crippen LogP contribution in [0.5, 0.6) is 0 Å². The molecule has 1 rings (SSSR count). The van der Waals surface area contributed by atoms with Crippen LogP contribution in [0.3, 0.4) is 0 Å². The summed E-state index contributed by atoms with van der Waals surface area (Å²) in [5.74, 6) is 0.108. The largest absolute Gasteiger partial charge is 0.366 e. The van der Waals surface area contributed by atoms with Gasteiger partial charge in [0.25, 0.3) is 0 Å². The van der Waals surface area contributed by atoms with E-state index in [1.807, 2.05) is 0 Å². The predicted octanol–water partition coefficient (Wildman–Crippen LogP) is 0.998. The third-order valence-corrected chi connectivity index (χ3v) is 2.02. The molecule has 0 aliphatic rings. The summed E-state index contributed by atoms with van der Waals surface area (Å²) in [7, 11) is 0. The molecular formula is C9H17N5O. The van der Waals surface area contributed by atoms with Crippen LogP contribution in [0.1, 0.15) is 32.6 Å². The molecule has 84 valence electrons. The normalized spacial score (nSPS) is 10.2. The summed E-state index contributed by atoms with van der Waals surface area (Å²) in [5.41, 5.74) is 5.29. The van der Waals surface area contributed by atoms with Crippen LogP contribution in [-0.4, -0.2) is 27.3 Å². The lowest BCUT2D eigenvalue weighted by atomic mass is 10.2. The number of unbranched alkanes of at least 4 members (excludes halogenated alkanes) is 3. The zero-order chi connectivity index (χ0) is 11.1. The predicted molar refractivity (Wildman–Crippen MR) is 57.4 cm³/mol. The van der Waals surface area contributed by atoms with Crippen molar-refractivity contribution in [3.8, 4) is 0 Å². The van der Waals surface area contributed by atoms with E-state index in [-0.39, 0.29) is 12.0 Å². The van der Waals surface area contributed by atoms with Crippen LogP contribution in [0.25, 0.3) is 0 Å². The van der Waals surface area contributed by atoms with Crippen molar-refractivity contribution in [3.05, 3.63) is 6.33 Å². The van der Waals surface area contributed by atoms with E-state index in [1.54, 1.807) is 0 Å². The van der Waals surface area contributed by atoms with Crippen LogP contribution in [0.15, 0.2) is 6.33 Å². The molecule has 1 amide bonds. The summed E-state index contributed by atoms with van der Waals surface area (Å²) in [6.07, 6.45) is 5.82. The number of amides is 1. The van der Waals surface area contributed by atoms with Gasteiger partial charge in [-0.05, 0) is 6.42 Å². The van der Waals surface area contributed by atoms with Crippen LogP contribution in [0, 0.1) is 0 Å². The number of nitrogen functional groups attached to an aromatic ring is 1. The summed E-state index contributed by atoms with van der Waals surface area (Å²) in [6, 6.07) is -0.282. The van der Waals surface area contributed by atoms with Gasteiger partial charge in [0.05, 0.1) is 0 Å². The lowest BCUT2D eigenvalue weighted by molar-refractivity contribution is 0.239. The van der Waals surface area contributed by atoms with Crippen molar-refractivity contribution in [3.63, 3.8) is 0 Å². The molecule has 1 heterocycles. The molecule has 0 saturated heterocycles. The van der Waals surface area contributed by atoms with Gasteiger partial charge in [-0.3, -0.25) is 0 Å². The maximum absolute atomic E-state index is 11.4. The van der Waals surface area contributed by atoms with Gasteiger partial charge in [0, 0.05) is 6.54 Å². The Balaban J connectivity index is 2.19. The van der Waals surface area contributed by atoms with E-state index in [0.29, 0.717) is 6.54 Å². The maximum atomic E-state index is 11.4. The molecule has 1 aromatic heterocycles. The van der Waals surface area contributed by atoms with Crippen LogP contribution in [0.4, 0.5) is 10.7 Å². The van der Waals surface area contributed by atoms with Gasteiger partial charge in [-0.1, -0.05) is 26.2 Å². The van der Waals surface area contributed by atoms with Crippen molar-refractivity contribution in [2.75, 3.05) is 12.3 Å². The van der Waals surface area contributed by atoms with Gasteiger partial charge in [-0.2, -0.15) is 4.68 Å². The quantitative estimate of drug-likeness (QED) is 0.711. The van der Waals surface area contributed by atoms with Crippen molar-refractivity contribution >= 4 is 12.0 Å². The number of anilines is 1. The van der Waals surface area contributed by atoms with Crippen molar-refractivity contribution in [1.29, 1.82) is 0 Å². The van der Waals surface area contributed by atoms with Gasteiger partial charge in [-0.15, -0.1) is 5.10 Å². The van der Waals surface area contributed by atoms with E-state index in [9.17, 15) is 4.79 Å². The minimum atomic E-state index is -0.282. The van der Waals surface area contributed by atoms with Crippen LogP contribution >= 0.6 is 0 Å². The molecular weight excluding hydrogens is 194 g/mol. The van der Waals surface area contributed by atoms with Crippen LogP contribution in [0.2, 0.25) is 0 Å². The highest BCUT2D eigenvalue weighted by Gasteiger charge is 2.04. The second-order valence-electron chi connectivity index (χ2n) is 3.34. The number of carbonyl (C=O) groups is 1. The van der Waals surface area contributed by atoms with Gasteiger partial charge in [0.2, 0.25) is 5.95 Å². The SMILES string of the molecule is CCCCCCNC(=O)n1cnc(N)n1. The molecule has 6 nitrogen and oxygen atoms in total. The van der Waals surface area contributed by atoms with E-state index >= 15 is 0 Å². The van der Waals surface area contributed by atoms with Gasteiger partial charge < -0.3 is 11.1 Å². The Hall–Kier alpha value is -1.59. The highest BCUT2D eigenvalue weighted by molar-refractivity contribution is 5.75. The first-order chi connectivity index (χ1) is 7.24. The fourth-order valence-corrected chi connectivity index (χ4v) is 1.20. The molecule has 0 saturated carbocycles. The van der Waals surface area contributed by atoms with E-state index < -0.39 is 0 Å². The fourth-order valence-electron chi connectivity index (χ4n) is 1.20. The topological polar surface area (TPSA) is 85.8 Å². The van der Waals surface area contributed by atoms with Gasteiger partial charge >= 0.3 is 6.03 Å². The molecule has 0 aromatic carbocycles. The smallest absolute Gasteiger partial charge is 0.343 e. The standard InChI is InChI=1S/C9H17N5O/c1-2-3-4-5-6-11-9(15)14-7-12-8(10)13-14/h7H,2-6H2,1H3,(H2,10,13)(H,11,15). The van der Waals surface area contributed by atoms with E-state index in [0.717, 1.165) is 17.5 Å². The molecule has 1 aromatic rings. The van der Waals surface area contributed by atoms with Crippen LogP contribution in [-0.2, 0) is 0 Å². The first-order valence-corrected chi connectivity index (χ1v) is 5.19. The number of hydrogen-bond donors (Lipinski definition) is 2. The summed E-state index contributed by atoms with van der Waals surface area (Å²) >= 11 is 0. The molecule has 0 fully saturated rings. The van der Waals surface area contributed by atoms with Crippen molar-refractivity contribution in [2.45, 2.75) is 32.6 Å². The zero-order valence-corrected chi connectivity index (χ0v) is 8.94. The highest BCUT2D eigenvalue weighted by Crippen LogP contribution is 1.97. The Labute approximate surface area is 88.9 Å². The van der Waals surface area contributed by atoms with Gasteiger partial charge in [0.15, 0.2) is 0 Å². The molecule has 15 heavy (non-hydrogen) atoms. The molecule has 0 aliphatic heterocycles. The Kier molecular flexibility index (Phi) is 4.59. The average Bonchev–Trinajstić information content (AvgIpc) is 2.64. The zero-order valence-electron chi connectivity index (χ0n) is 8.94. The number of nitrogens with two attached hydrogens (primary N) is 1. The number of nitrogens with one attached hydrogen (secondary N) is 1. The first kappa shape index (κ1) is 11.5.